The number of benzene rings is 1. The zero-order valence-corrected chi connectivity index (χ0v) is 17.8. The molecular formula is C21H19ClN4O2S. The molecule has 3 aromatic heterocycles. The Bertz CT molecular complexity index is 1180. The third-order valence-electron chi connectivity index (χ3n) is 4.78. The summed E-state index contributed by atoms with van der Waals surface area (Å²) in [5.74, 6) is -0.398. The van der Waals surface area contributed by atoms with E-state index in [1.807, 2.05) is 24.3 Å². The Kier molecular flexibility index (Phi) is 5.34. The van der Waals surface area contributed by atoms with Gasteiger partial charge in [0.15, 0.2) is 0 Å². The first-order chi connectivity index (χ1) is 14.0. The molecule has 8 heteroatoms. The van der Waals surface area contributed by atoms with Crippen LogP contribution in [0.3, 0.4) is 0 Å². The summed E-state index contributed by atoms with van der Waals surface area (Å²) in [6.07, 6.45) is 3.07. The van der Waals surface area contributed by atoms with Crippen LogP contribution in [0.4, 0.5) is 0 Å². The van der Waals surface area contributed by atoms with E-state index in [1.165, 1.54) is 6.33 Å². The minimum atomic E-state index is -0.398. The SMILES string of the molecule is CCOC(=O)c1c(Cn2cncn2)nc2sc(C)c(C)c2c1-c1ccc(Cl)cc1. The highest BCUT2D eigenvalue weighted by molar-refractivity contribution is 7.18. The molecule has 0 bridgehead atoms. The third-order valence-corrected chi connectivity index (χ3v) is 6.14. The van der Waals surface area contributed by atoms with Crippen LogP contribution in [0.5, 0.6) is 0 Å². The van der Waals surface area contributed by atoms with Gasteiger partial charge in [-0.05, 0) is 44.0 Å². The predicted octanol–water partition coefficient (Wildman–Crippen LogP) is 5.05. The number of halogens is 1. The van der Waals surface area contributed by atoms with Crippen LogP contribution in [-0.4, -0.2) is 32.3 Å². The molecule has 0 aliphatic rings. The van der Waals surface area contributed by atoms with Gasteiger partial charge >= 0.3 is 5.97 Å². The molecule has 0 aliphatic carbocycles. The summed E-state index contributed by atoms with van der Waals surface area (Å²) >= 11 is 7.73. The predicted molar refractivity (Wildman–Crippen MR) is 115 cm³/mol. The molecule has 0 N–H and O–H groups in total. The molecular weight excluding hydrogens is 408 g/mol. The second-order valence-corrected chi connectivity index (χ2v) is 8.23. The highest BCUT2D eigenvalue weighted by Crippen LogP contribution is 2.40. The van der Waals surface area contributed by atoms with E-state index in [0.717, 1.165) is 31.8 Å². The van der Waals surface area contributed by atoms with Gasteiger partial charge in [-0.2, -0.15) is 5.10 Å². The molecule has 3 heterocycles. The van der Waals surface area contributed by atoms with Crippen LogP contribution in [0.1, 0.15) is 33.4 Å². The largest absolute Gasteiger partial charge is 0.462 e. The van der Waals surface area contributed by atoms with E-state index in [9.17, 15) is 4.79 Å². The van der Waals surface area contributed by atoms with Crippen molar-refractivity contribution in [2.75, 3.05) is 6.61 Å². The van der Waals surface area contributed by atoms with Crippen molar-refractivity contribution in [3.63, 3.8) is 0 Å². The number of hydrogen-bond donors (Lipinski definition) is 0. The summed E-state index contributed by atoms with van der Waals surface area (Å²) in [5.41, 5.74) is 3.89. The monoisotopic (exact) mass is 426 g/mol. The Morgan fingerprint density at radius 1 is 1.24 bits per heavy atom. The topological polar surface area (TPSA) is 69.9 Å². The van der Waals surface area contributed by atoms with Gasteiger partial charge in [-0.25, -0.2) is 19.4 Å². The summed E-state index contributed by atoms with van der Waals surface area (Å²) in [7, 11) is 0. The van der Waals surface area contributed by atoms with Crippen LogP contribution in [0, 0.1) is 13.8 Å². The molecule has 0 amide bonds. The van der Waals surface area contributed by atoms with E-state index in [-0.39, 0.29) is 6.61 Å². The number of fused-ring (bicyclic) bond motifs is 1. The van der Waals surface area contributed by atoms with Crippen LogP contribution < -0.4 is 0 Å². The molecule has 1 aromatic carbocycles. The molecule has 6 nitrogen and oxygen atoms in total. The number of nitrogens with zero attached hydrogens (tertiary/aromatic N) is 4. The minimum absolute atomic E-state index is 0.279. The summed E-state index contributed by atoms with van der Waals surface area (Å²) in [6, 6.07) is 7.49. The standard InChI is InChI=1S/C21H19ClN4O2S/c1-4-28-21(27)19-16(9-26-11-23-10-24-26)25-20-17(12(2)13(3)29-20)18(19)14-5-7-15(22)8-6-14/h5-8,10-11H,4,9H2,1-3H3. The summed E-state index contributed by atoms with van der Waals surface area (Å²) in [4.78, 5) is 24.0. The number of esters is 1. The average molecular weight is 427 g/mol. The fourth-order valence-electron chi connectivity index (χ4n) is 3.34. The summed E-state index contributed by atoms with van der Waals surface area (Å²) < 4.78 is 7.07. The van der Waals surface area contributed by atoms with Gasteiger partial charge in [0.2, 0.25) is 0 Å². The molecule has 0 radical (unpaired) electrons. The maximum atomic E-state index is 13.1. The normalized spacial score (nSPS) is 11.2. The molecule has 0 aliphatic heterocycles. The number of ether oxygens (including phenoxy) is 1. The Morgan fingerprint density at radius 2 is 2.00 bits per heavy atom. The van der Waals surface area contributed by atoms with Crippen LogP contribution in [0.2, 0.25) is 5.02 Å². The van der Waals surface area contributed by atoms with Crippen molar-refractivity contribution in [1.82, 2.24) is 19.7 Å². The fraction of sp³-hybridized carbons (Fsp3) is 0.238. The second-order valence-electron chi connectivity index (χ2n) is 6.59. The van der Waals surface area contributed by atoms with E-state index >= 15 is 0 Å². The maximum absolute atomic E-state index is 13.1. The molecule has 4 rings (SSSR count). The smallest absolute Gasteiger partial charge is 0.340 e. The Morgan fingerprint density at radius 3 is 2.66 bits per heavy atom. The molecule has 0 spiro atoms. The van der Waals surface area contributed by atoms with Gasteiger partial charge in [-0.3, -0.25) is 0 Å². The van der Waals surface area contributed by atoms with Crippen molar-refractivity contribution in [2.24, 2.45) is 0 Å². The van der Waals surface area contributed by atoms with Crippen molar-refractivity contribution < 1.29 is 9.53 Å². The minimum Gasteiger partial charge on any atom is -0.462 e. The van der Waals surface area contributed by atoms with Crippen LogP contribution in [-0.2, 0) is 11.3 Å². The fourth-order valence-corrected chi connectivity index (χ4v) is 4.52. The summed E-state index contributed by atoms with van der Waals surface area (Å²) in [6.45, 7) is 6.51. The van der Waals surface area contributed by atoms with Crippen LogP contribution >= 0.6 is 22.9 Å². The molecule has 0 unspecified atom stereocenters. The lowest BCUT2D eigenvalue weighted by molar-refractivity contribution is 0.0525. The average Bonchev–Trinajstić information content (AvgIpc) is 3.30. The van der Waals surface area contributed by atoms with Gasteiger partial charge in [-0.1, -0.05) is 23.7 Å². The number of carbonyl (C=O) groups is 1. The van der Waals surface area contributed by atoms with Gasteiger partial charge < -0.3 is 4.74 Å². The highest BCUT2D eigenvalue weighted by atomic mass is 35.5. The number of carbonyl (C=O) groups excluding carboxylic acids is 1. The second kappa shape index (κ2) is 7.93. The Hall–Kier alpha value is -2.77. The first kappa shape index (κ1) is 19.5. The van der Waals surface area contributed by atoms with Crippen molar-refractivity contribution in [1.29, 1.82) is 0 Å². The van der Waals surface area contributed by atoms with E-state index in [1.54, 1.807) is 29.3 Å². The lowest BCUT2D eigenvalue weighted by Gasteiger charge is -2.16. The third kappa shape index (κ3) is 3.63. The van der Waals surface area contributed by atoms with Gasteiger partial charge in [0.1, 0.15) is 17.5 Å². The zero-order valence-electron chi connectivity index (χ0n) is 16.3. The number of hydrogen-bond acceptors (Lipinski definition) is 6. The first-order valence-electron chi connectivity index (χ1n) is 9.17. The molecule has 0 saturated heterocycles. The van der Waals surface area contributed by atoms with Crippen LogP contribution in [0.25, 0.3) is 21.3 Å². The Labute approximate surface area is 177 Å². The lowest BCUT2D eigenvalue weighted by atomic mass is 9.94. The molecule has 0 atom stereocenters. The van der Waals surface area contributed by atoms with Crippen LogP contribution in [0.15, 0.2) is 36.9 Å². The van der Waals surface area contributed by atoms with Gasteiger partial charge in [0.25, 0.3) is 0 Å². The quantitative estimate of drug-likeness (QED) is 0.417. The zero-order chi connectivity index (χ0) is 20.5. The van der Waals surface area contributed by atoms with Gasteiger partial charge in [0, 0.05) is 20.8 Å². The van der Waals surface area contributed by atoms with E-state index < -0.39 is 5.97 Å². The molecule has 0 saturated carbocycles. The number of thiophene rings is 1. The number of aromatic nitrogens is 4. The van der Waals surface area contributed by atoms with Crippen molar-refractivity contribution in [3.8, 4) is 11.1 Å². The van der Waals surface area contributed by atoms with Gasteiger partial charge in [0.05, 0.1) is 24.4 Å². The maximum Gasteiger partial charge on any atom is 0.340 e. The van der Waals surface area contributed by atoms with Crippen molar-refractivity contribution in [2.45, 2.75) is 27.3 Å². The lowest BCUT2D eigenvalue weighted by Crippen LogP contribution is -2.15. The molecule has 4 aromatic rings. The Balaban J connectivity index is 2.07. The van der Waals surface area contributed by atoms with E-state index in [4.69, 9.17) is 21.3 Å². The summed E-state index contributed by atoms with van der Waals surface area (Å²) in [5, 5.41) is 5.78. The molecule has 0 fully saturated rings. The van der Waals surface area contributed by atoms with Gasteiger partial charge in [-0.15, -0.1) is 11.3 Å². The number of pyridine rings is 1. The van der Waals surface area contributed by atoms with E-state index in [2.05, 4.69) is 23.9 Å². The molecule has 29 heavy (non-hydrogen) atoms. The van der Waals surface area contributed by atoms with Crippen molar-refractivity contribution >= 4 is 39.1 Å². The first-order valence-corrected chi connectivity index (χ1v) is 10.4. The molecule has 148 valence electrons. The van der Waals surface area contributed by atoms with Crippen molar-refractivity contribution in [3.05, 3.63) is 63.6 Å². The number of aryl methyl sites for hydroxylation is 2. The highest BCUT2D eigenvalue weighted by Gasteiger charge is 2.26. The number of rotatable bonds is 5. The van der Waals surface area contributed by atoms with E-state index in [0.29, 0.717) is 22.8 Å².